The molecule has 2 aromatic heterocycles. The number of carbonyl (C=O) groups is 1. The number of nitrogens with zero attached hydrogens (tertiary/aromatic N) is 4. The van der Waals surface area contributed by atoms with Gasteiger partial charge in [0.25, 0.3) is 10.0 Å². The highest BCUT2D eigenvalue weighted by Crippen LogP contribution is 2.19. The summed E-state index contributed by atoms with van der Waals surface area (Å²) in [7, 11) is -3.88. The molecule has 0 unspecified atom stereocenters. The molecule has 2 heterocycles. The van der Waals surface area contributed by atoms with Crippen LogP contribution in [0.3, 0.4) is 0 Å². The lowest BCUT2D eigenvalue weighted by Gasteiger charge is -2.05. The number of hydrogen-bond acceptors (Lipinski definition) is 7. The minimum atomic E-state index is -3.88. The molecule has 0 radical (unpaired) electrons. The van der Waals surface area contributed by atoms with Crippen molar-refractivity contribution in [2.24, 2.45) is 0 Å². The standard InChI is InChI=1S/C8H9N5O4S2/c14-7(15)6-8(18-5-9-6)19(16,17)11-2-4-13-3-1-10-12-13/h1,3,5,11H,2,4H2,(H,14,15). The second-order valence-corrected chi connectivity index (χ2v) is 6.17. The molecule has 0 aliphatic rings. The molecule has 9 nitrogen and oxygen atoms in total. The van der Waals surface area contributed by atoms with Gasteiger partial charge >= 0.3 is 5.97 Å². The van der Waals surface area contributed by atoms with Gasteiger partial charge < -0.3 is 5.11 Å². The van der Waals surface area contributed by atoms with Crippen molar-refractivity contribution >= 4 is 27.3 Å². The number of carboxylic acid groups (broad SMARTS) is 1. The quantitative estimate of drug-likeness (QED) is 0.730. The normalized spacial score (nSPS) is 11.6. The highest BCUT2D eigenvalue weighted by Gasteiger charge is 2.25. The van der Waals surface area contributed by atoms with E-state index in [1.807, 2.05) is 0 Å². The highest BCUT2D eigenvalue weighted by molar-refractivity contribution is 7.91. The number of hydrogen-bond donors (Lipinski definition) is 2. The van der Waals surface area contributed by atoms with Gasteiger partial charge in [-0.3, -0.25) is 4.68 Å². The minimum absolute atomic E-state index is 0.0721. The fourth-order valence-corrected chi connectivity index (χ4v) is 3.48. The Labute approximate surface area is 112 Å². The first kappa shape index (κ1) is 13.6. The lowest BCUT2D eigenvalue weighted by atomic mass is 10.5. The molecule has 11 heteroatoms. The Morgan fingerprint density at radius 3 is 2.95 bits per heavy atom. The summed E-state index contributed by atoms with van der Waals surface area (Å²) in [6.45, 7) is 0.364. The van der Waals surface area contributed by atoms with Crippen molar-refractivity contribution in [1.29, 1.82) is 0 Å². The summed E-state index contributed by atoms with van der Waals surface area (Å²) in [5.41, 5.74) is 0.702. The SMILES string of the molecule is O=C(O)c1ncsc1S(=O)(=O)NCCn1ccnn1. The minimum Gasteiger partial charge on any atom is -0.476 e. The van der Waals surface area contributed by atoms with Crippen molar-refractivity contribution in [2.45, 2.75) is 10.8 Å². The van der Waals surface area contributed by atoms with Gasteiger partial charge in [0.15, 0.2) is 9.90 Å². The lowest BCUT2D eigenvalue weighted by Crippen LogP contribution is -2.28. The predicted octanol–water partition coefficient (Wildman–Crippen LogP) is -0.589. The number of carboxylic acids is 1. The molecular weight excluding hydrogens is 294 g/mol. The number of thiazole rings is 1. The first-order valence-electron chi connectivity index (χ1n) is 5.01. The average Bonchev–Trinajstić information content (AvgIpc) is 2.99. The summed E-state index contributed by atoms with van der Waals surface area (Å²) < 4.78 is 27.2. The molecule has 0 saturated heterocycles. The molecule has 0 bridgehead atoms. The summed E-state index contributed by atoms with van der Waals surface area (Å²) in [6.07, 6.45) is 3.06. The van der Waals surface area contributed by atoms with E-state index in [0.717, 1.165) is 11.3 Å². The molecule has 0 aliphatic carbocycles. The molecule has 2 N–H and O–H groups in total. The zero-order valence-electron chi connectivity index (χ0n) is 9.42. The van der Waals surface area contributed by atoms with Gasteiger partial charge in [0.2, 0.25) is 0 Å². The van der Waals surface area contributed by atoms with Gasteiger partial charge in [0, 0.05) is 12.7 Å². The fourth-order valence-electron chi connectivity index (χ4n) is 1.28. The average molecular weight is 303 g/mol. The van der Waals surface area contributed by atoms with Crippen LogP contribution in [0, 0.1) is 0 Å². The van der Waals surface area contributed by atoms with Crippen LogP contribution in [-0.2, 0) is 16.6 Å². The van der Waals surface area contributed by atoms with Gasteiger partial charge in [-0.1, -0.05) is 5.21 Å². The molecule has 0 aromatic carbocycles. The maximum absolute atomic E-state index is 11.9. The van der Waals surface area contributed by atoms with E-state index >= 15 is 0 Å². The van der Waals surface area contributed by atoms with Gasteiger partial charge in [-0.25, -0.2) is 22.9 Å². The number of aromatic carboxylic acids is 1. The van der Waals surface area contributed by atoms with Crippen LogP contribution in [0.1, 0.15) is 10.5 Å². The number of aromatic nitrogens is 4. The van der Waals surface area contributed by atoms with Gasteiger partial charge in [0.1, 0.15) is 0 Å². The summed E-state index contributed by atoms with van der Waals surface area (Å²) >= 11 is 0.756. The van der Waals surface area contributed by atoms with E-state index in [1.165, 1.54) is 16.4 Å². The van der Waals surface area contributed by atoms with Crippen molar-refractivity contribution in [2.75, 3.05) is 6.54 Å². The van der Waals surface area contributed by atoms with E-state index in [0.29, 0.717) is 6.54 Å². The summed E-state index contributed by atoms with van der Waals surface area (Å²) in [5.74, 6) is -1.38. The Hall–Kier alpha value is -1.85. The Balaban J connectivity index is 2.06. The van der Waals surface area contributed by atoms with Gasteiger partial charge in [-0.05, 0) is 0 Å². The summed E-state index contributed by atoms with van der Waals surface area (Å²) in [4.78, 5) is 14.3. The molecular formula is C8H9N5O4S2. The van der Waals surface area contributed by atoms with Crippen LogP contribution >= 0.6 is 11.3 Å². The fraction of sp³-hybridized carbons (Fsp3) is 0.250. The van der Waals surface area contributed by atoms with E-state index in [2.05, 4.69) is 20.0 Å². The highest BCUT2D eigenvalue weighted by atomic mass is 32.2. The van der Waals surface area contributed by atoms with Crippen LogP contribution in [0.2, 0.25) is 0 Å². The van der Waals surface area contributed by atoms with E-state index in [1.54, 1.807) is 6.20 Å². The van der Waals surface area contributed by atoms with Crippen LogP contribution < -0.4 is 4.72 Å². The zero-order valence-corrected chi connectivity index (χ0v) is 11.1. The third-order valence-electron chi connectivity index (χ3n) is 2.09. The molecule has 2 aromatic rings. The van der Waals surface area contributed by atoms with Gasteiger partial charge in [0.05, 0.1) is 18.3 Å². The van der Waals surface area contributed by atoms with Gasteiger partial charge in [-0.15, -0.1) is 16.4 Å². The molecule has 102 valence electrons. The monoisotopic (exact) mass is 303 g/mol. The van der Waals surface area contributed by atoms with E-state index in [4.69, 9.17) is 5.11 Å². The number of nitrogens with one attached hydrogen (secondary N) is 1. The lowest BCUT2D eigenvalue weighted by molar-refractivity contribution is 0.0687. The largest absolute Gasteiger partial charge is 0.476 e. The molecule has 0 fully saturated rings. The molecule has 0 saturated carbocycles. The van der Waals surface area contributed by atoms with Crippen molar-refractivity contribution in [3.8, 4) is 0 Å². The molecule has 0 aliphatic heterocycles. The van der Waals surface area contributed by atoms with Crippen molar-refractivity contribution in [3.63, 3.8) is 0 Å². The van der Waals surface area contributed by atoms with Crippen molar-refractivity contribution in [3.05, 3.63) is 23.6 Å². The van der Waals surface area contributed by atoms with Crippen LogP contribution in [-0.4, -0.2) is 46.0 Å². The second-order valence-electron chi connectivity index (χ2n) is 3.36. The number of rotatable bonds is 6. The summed E-state index contributed by atoms with van der Waals surface area (Å²) in [5, 5.41) is 16.1. The zero-order chi connectivity index (χ0) is 13.9. The third kappa shape index (κ3) is 3.13. The van der Waals surface area contributed by atoms with Crippen LogP contribution in [0.15, 0.2) is 22.1 Å². The van der Waals surface area contributed by atoms with E-state index in [-0.39, 0.29) is 10.8 Å². The predicted molar refractivity (Wildman–Crippen MR) is 64.3 cm³/mol. The third-order valence-corrected chi connectivity index (χ3v) is 4.92. The van der Waals surface area contributed by atoms with Crippen LogP contribution in [0.5, 0.6) is 0 Å². The topological polar surface area (TPSA) is 127 Å². The van der Waals surface area contributed by atoms with Crippen molar-refractivity contribution in [1.82, 2.24) is 24.7 Å². The number of sulfonamides is 1. The van der Waals surface area contributed by atoms with E-state index < -0.39 is 21.7 Å². The van der Waals surface area contributed by atoms with Crippen LogP contribution in [0.4, 0.5) is 0 Å². The molecule has 19 heavy (non-hydrogen) atoms. The molecule has 2 rings (SSSR count). The Morgan fingerprint density at radius 1 is 1.53 bits per heavy atom. The first-order valence-corrected chi connectivity index (χ1v) is 7.37. The Kier molecular flexibility index (Phi) is 3.87. The first-order chi connectivity index (χ1) is 9.00. The van der Waals surface area contributed by atoms with E-state index in [9.17, 15) is 13.2 Å². The Bertz CT molecular complexity index is 663. The Morgan fingerprint density at radius 2 is 2.32 bits per heavy atom. The molecule has 0 amide bonds. The molecule has 0 atom stereocenters. The maximum Gasteiger partial charge on any atom is 0.356 e. The molecule has 0 spiro atoms. The smallest absolute Gasteiger partial charge is 0.356 e. The summed E-state index contributed by atoms with van der Waals surface area (Å²) in [6, 6.07) is 0. The maximum atomic E-state index is 11.9. The van der Waals surface area contributed by atoms with Gasteiger partial charge in [-0.2, -0.15) is 0 Å². The van der Waals surface area contributed by atoms with Crippen LogP contribution in [0.25, 0.3) is 0 Å². The second kappa shape index (κ2) is 5.42. The van der Waals surface area contributed by atoms with Crippen molar-refractivity contribution < 1.29 is 18.3 Å².